The minimum Gasteiger partial charge on any atom is -0.494 e. The zero-order valence-corrected chi connectivity index (χ0v) is 9.85. The first kappa shape index (κ1) is 11.9. The zero-order chi connectivity index (χ0) is 12.3. The molecule has 17 heavy (non-hydrogen) atoms. The topological polar surface area (TPSA) is 58.6 Å². The average Bonchev–Trinajstić information content (AvgIpc) is 2.79. The summed E-state index contributed by atoms with van der Waals surface area (Å²) in [6, 6.07) is 7.55. The molecule has 1 aliphatic rings. The Bertz CT molecular complexity index is 405. The molecule has 0 aliphatic carbocycles. The molecule has 1 saturated heterocycles. The molecular formula is C13H17NO3. The van der Waals surface area contributed by atoms with Crippen molar-refractivity contribution < 1.29 is 14.6 Å². The van der Waals surface area contributed by atoms with Crippen LogP contribution in [0.5, 0.6) is 5.75 Å². The van der Waals surface area contributed by atoms with Gasteiger partial charge in [0.1, 0.15) is 5.75 Å². The van der Waals surface area contributed by atoms with Crippen molar-refractivity contribution in [1.29, 1.82) is 0 Å². The normalized spacial score (nSPS) is 23.6. The Morgan fingerprint density at radius 1 is 1.59 bits per heavy atom. The van der Waals surface area contributed by atoms with E-state index in [1.54, 1.807) is 0 Å². The summed E-state index contributed by atoms with van der Waals surface area (Å²) >= 11 is 0. The number of benzene rings is 1. The van der Waals surface area contributed by atoms with E-state index in [0.29, 0.717) is 13.0 Å². The maximum Gasteiger partial charge on any atom is 0.308 e. The molecule has 4 nitrogen and oxygen atoms in total. The van der Waals surface area contributed by atoms with Gasteiger partial charge >= 0.3 is 5.97 Å². The lowest BCUT2D eigenvalue weighted by Crippen LogP contribution is -2.23. The van der Waals surface area contributed by atoms with Gasteiger partial charge in [-0.05, 0) is 37.6 Å². The fourth-order valence-electron chi connectivity index (χ4n) is 2.28. The number of nitrogens with one attached hydrogen (secondary N) is 1. The number of rotatable bonds is 4. The predicted molar refractivity (Wildman–Crippen MR) is 64.1 cm³/mol. The molecule has 92 valence electrons. The van der Waals surface area contributed by atoms with Crippen molar-refractivity contribution in [3.05, 3.63) is 29.8 Å². The van der Waals surface area contributed by atoms with Gasteiger partial charge in [-0.3, -0.25) is 4.79 Å². The van der Waals surface area contributed by atoms with Crippen LogP contribution in [0.3, 0.4) is 0 Å². The minimum absolute atomic E-state index is 0.104. The van der Waals surface area contributed by atoms with Gasteiger partial charge in [-0.1, -0.05) is 12.1 Å². The number of hydrogen-bond acceptors (Lipinski definition) is 3. The molecule has 0 bridgehead atoms. The molecule has 4 heteroatoms. The Hall–Kier alpha value is -1.55. The third kappa shape index (κ3) is 2.58. The van der Waals surface area contributed by atoms with Crippen molar-refractivity contribution in [2.45, 2.75) is 19.4 Å². The third-order valence-corrected chi connectivity index (χ3v) is 3.07. The van der Waals surface area contributed by atoms with Gasteiger partial charge in [0.2, 0.25) is 0 Å². The van der Waals surface area contributed by atoms with Crippen LogP contribution in [0.4, 0.5) is 0 Å². The van der Waals surface area contributed by atoms with Gasteiger partial charge in [-0.2, -0.15) is 0 Å². The summed E-state index contributed by atoms with van der Waals surface area (Å²) in [5.41, 5.74) is 0.987. The Labute approximate surface area is 101 Å². The number of ether oxygens (including phenoxy) is 1. The summed E-state index contributed by atoms with van der Waals surface area (Å²) in [6.07, 6.45) is 0.679. The first-order chi connectivity index (χ1) is 8.22. The molecule has 0 aromatic heterocycles. The third-order valence-electron chi connectivity index (χ3n) is 3.07. The van der Waals surface area contributed by atoms with Crippen LogP contribution in [-0.2, 0) is 4.79 Å². The quantitative estimate of drug-likeness (QED) is 0.835. The highest BCUT2D eigenvalue weighted by Crippen LogP contribution is 2.31. The Morgan fingerprint density at radius 3 is 3.12 bits per heavy atom. The van der Waals surface area contributed by atoms with Gasteiger partial charge in [-0.25, -0.2) is 0 Å². The Kier molecular flexibility index (Phi) is 3.64. The summed E-state index contributed by atoms with van der Waals surface area (Å²) < 4.78 is 5.43. The molecule has 2 unspecified atom stereocenters. The van der Waals surface area contributed by atoms with E-state index < -0.39 is 5.97 Å². The zero-order valence-electron chi connectivity index (χ0n) is 9.85. The average molecular weight is 235 g/mol. The second-order valence-electron chi connectivity index (χ2n) is 4.17. The highest BCUT2D eigenvalue weighted by atomic mass is 16.5. The number of carboxylic acid groups (broad SMARTS) is 1. The van der Waals surface area contributed by atoms with E-state index in [0.717, 1.165) is 17.9 Å². The van der Waals surface area contributed by atoms with E-state index >= 15 is 0 Å². The van der Waals surface area contributed by atoms with Crippen molar-refractivity contribution in [2.24, 2.45) is 5.92 Å². The highest BCUT2D eigenvalue weighted by Gasteiger charge is 2.33. The maximum absolute atomic E-state index is 11.1. The molecule has 0 radical (unpaired) electrons. The Balaban J connectivity index is 2.21. The molecule has 2 atom stereocenters. The van der Waals surface area contributed by atoms with Gasteiger partial charge in [-0.15, -0.1) is 0 Å². The van der Waals surface area contributed by atoms with Crippen LogP contribution in [0.15, 0.2) is 24.3 Å². The first-order valence-corrected chi connectivity index (χ1v) is 5.91. The SMILES string of the molecule is CCOc1cccc(C2NCCC2C(=O)O)c1. The lowest BCUT2D eigenvalue weighted by molar-refractivity contribution is -0.142. The van der Waals surface area contributed by atoms with E-state index in [1.165, 1.54) is 0 Å². The van der Waals surface area contributed by atoms with Gasteiger partial charge in [0.15, 0.2) is 0 Å². The van der Waals surface area contributed by atoms with E-state index in [-0.39, 0.29) is 12.0 Å². The number of aliphatic carboxylic acids is 1. The van der Waals surface area contributed by atoms with Crippen LogP contribution < -0.4 is 10.1 Å². The van der Waals surface area contributed by atoms with E-state index in [4.69, 9.17) is 9.84 Å². The predicted octanol–water partition coefficient (Wildman–Crippen LogP) is 1.82. The summed E-state index contributed by atoms with van der Waals surface area (Å²) in [5, 5.41) is 12.4. The number of hydrogen-bond donors (Lipinski definition) is 2. The lowest BCUT2D eigenvalue weighted by Gasteiger charge is -2.17. The molecule has 1 aromatic carbocycles. The van der Waals surface area contributed by atoms with E-state index in [2.05, 4.69) is 5.32 Å². The number of carbonyl (C=O) groups is 1. The summed E-state index contributed by atoms with van der Waals surface area (Å²) in [5.74, 6) is -0.281. The number of carboxylic acids is 1. The monoisotopic (exact) mass is 235 g/mol. The second-order valence-corrected chi connectivity index (χ2v) is 4.17. The molecule has 2 N–H and O–H groups in total. The molecule has 2 rings (SSSR count). The van der Waals surface area contributed by atoms with Crippen LogP contribution in [0.1, 0.15) is 24.9 Å². The molecule has 0 saturated carbocycles. The maximum atomic E-state index is 11.1. The highest BCUT2D eigenvalue weighted by molar-refractivity contribution is 5.71. The standard InChI is InChI=1S/C13H17NO3/c1-2-17-10-5-3-4-9(8-10)12-11(13(15)16)6-7-14-12/h3-5,8,11-12,14H,2,6-7H2,1H3,(H,15,16). The molecular weight excluding hydrogens is 218 g/mol. The Morgan fingerprint density at radius 2 is 2.41 bits per heavy atom. The summed E-state index contributed by atoms with van der Waals surface area (Å²) in [7, 11) is 0. The van der Waals surface area contributed by atoms with Crippen LogP contribution >= 0.6 is 0 Å². The van der Waals surface area contributed by atoms with E-state index in [9.17, 15) is 4.79 Å². The van der Waals surface area contributed by atoms with Gasteiger partial charge in [0.05, 0.1) is 12.5 Å². The van der Waals surface area contributed by atoms with E-state index in [1.807, 2.05) is 31.2 Å². The minimum atomic E-state index is -0.734. The van der Waals surface area contributed by atoms with Crippen LogP contribution in [0.25, 0.3) is 0 Å². The van der Waals surface area contributed by atoms with Gasteiger partial charge in [0.25, 0.3) is 0 Å². The van der Waals surface area contributed by atoms with Gasteiger partial charge < -0.3 is 15.2 Å². The molecule has 1 heterocycles. The lowest BCUT2D eigenvalue weighted by atomic mass is 9.94. The van der Waals surface area contributed by atoms with Crippen molar-refractivity contribution in [1.82, 2.24) is 5.32 Å². The molecule has 1 aromatic rings. The first-order valence-electron chi connectivity index (χ1n) is 5.91. The van der Waals surface area contributed by atoms with Crippen LogP contribution in [-0.4, -0.2) is 24.2 Å². The van der Waals surface area contributed by atoms with Crippen LogP contribution in [0.2, 0.25) is 0 Å². The van der Waals surface area contributed by atoms with Crippen molar-refractivity contribution in [3.8, 4) is 5.75 Å². The molecule has 0 amide bonds. The van der Waals surface area contributed by atoms with Crippen molar-refractivity contribution in [2.75, 3.05) is 13.2 Å². The summed E-state index contributed by atoms with van der Waals surface area (Å²) in [6.45, 7) is 3.30. The van der Waals surface area contributed by atoms with Crippen LogP contribution in [0, 0.1) is 5.92 Å². The second kappa shape index (κ2) is 5.19. The van der Waals surface area contributed by atoms with Crippen molar-refractivity contribution >= 4 is 5.97 Å². The molecule has 1 fully saturated rings. The fourth-order valence-corrected chi connectivity index (χ4v) is 2.28. The van der Waals surface area contributed by atoms with Crippen molar-refractivity contribution in [3.63, 3.8) is 0 Å². The molecule has 1 aliphatic heterocycles. The largest absolute Gasteiger partial charge is 0.494 e. The molecule has 0 spiro atoms. The van der Waals surface area contributed by atoms with Gasteiger partial charge in [0, 0.05) is 6.04 Å². The smallest absolute Gasteiger partial charge is 0.308 e. The summed E-state index contributed by atoms with van der Waals surface area (Å²) in [4.78, 5) is 11.1. The fraction of sp³-hybridized carbons (Fsp3) is 0.462.